The third-order valence-electron chi connectivity index (χ3n) is 1.41. The van der Waals surface area contributed by atoms with Crippen LogP contribution in [-0.4, -0.2) is 4.92 Å². The van der Waals surface area contributed by atoms with Crippen molar-refractivity contribution in [1.29, 1.82) is 0 Å². The monoisotopic (exact) mass is 283 g/mol. The second-order valence-corrected chi connectivity index (χ2v) is 5.73. The van der Waals surface area contributed by atoms with Crippen LogP contribution in [0.5, 0.6) is 0 Å². The lowest BCUT2D eigenvalue weighted by molar-refractivity contribution is -0.384. The van der Waals surface area contributed by atoms with Crippen LogP contribution >= 0.6 is 39.1 Å². The summed E-state index contributed by atoms with van der Waals surface area (Å²) in [5, 5.41) is 10.3. The third-order valence-corrected chi connectivity index (χ3v) is 2.30. The molecule has 0 unspecified atom stereocenters. The summed E-state index contributed by atoms with van der Waals surface area (Å²) < 4.78 is -1.19. The Hall–Kier alpha value is -0.320. The number of hydrogen-bond donors (Lipinski definition) is 0. The van der Waals surface area contributed by atoms with Gasteiger partial charge in [-0.05, 0) is 33.6 Å². The van der Waals surface area contributed by atoms with E-state index < -0.39 is 8.17 Å². The highest BCUT2D eigenvalue weighted by molar-refractivity contribution is 9.10. The van der Waals surface area contributed by atoms with Crippen molar-refractivity contribution in [3.05, 3.63) is 39.9 Å². The molecule has 70 valence electrons. The third kappa shape index (κ3) is 2.83. The summed E-state index contributed by atoms with van der Waals surface area (Å²) in [6, 6.07) is 5.67. The lowest BCUT2D eigenvalue weighted by Gasteiger charge is -2.10. The molecule has 0 amide bonds. The molecule has 0 aliphatic rings. The number of non-ortho nitro benzene ring substituents is 1. The van der Waals surface area contributed by atoms with E-state index in [4.69, 9.17) is 23.2 Å². The summed E-state index contributed by atoms with van der Waals surface area (Å²) in [6.45, 7) is 0. The number of nitro benzene ring substituents is 1. The highest BCUT2D eigenvalue weighted by Gasteiger charge is 2.22. The van der Waals surface area contributed by atoms with Gasteiger partial charge in [-0.1, -0.05) is 23.2 Å². The molecule has 0 saturated carbocycles. The Labute approximate surface area is 92.9 Å². The SMILES string of the molecule is O=[N+]([O-])c1ccc(C(Cl)(Cl)Br)cc1. The van der Waals surface area contributed by atoms with Crippen LogP contribution in [0, 0.1) is 10.1 Å². The standard InChI is InChI=1S/C7H4BrCl2NO2/c8-7(9,10)5-1-3-6(4-2-5)11(12)13/h1-4H. The van der Waals surface area contributed by atoms with Gasteiger partial charge in [-0.2, -0.15) is 0 Å². The van der Waals surface area contributed by atoms with Crippen LogP contribution in [0.4, 0.5) is 5.69 Å². The van der Waals surface area contributed by atoms with Gasteiger partial charge in [0.15, 0.2) is 3.24 Å². The molecule has 0 atom stereocenters. The van der Waals surface area contributed by atoms with Crippen molar-refractivity contribution in [3.8, 4) is 0 Å². The first-order valence-electron chi connectivity index (χ1n) is 3.23. The van der Waals surface area contributed by atoms with E-state index in [1.807, 2.05) is 0 Å². The van der Waals surface area contributed by atoms with Crippen molar-refractivity contribution in [3.63, 3.8) is 0 Å². The molecule has 0 heterocycles. The zero-order valence-corrected chi connectivity index (χ0v) is 9.30. The quantitative estimate of drug-likeness (QED) is 0.473. The van der Waals surface area contributed by atoms with Crippen molar-refractivity contribution in [2.24, 2.45) is 0 Å². The number of halogens is 3. The normalized spacial score (nSPS) is 11.3. The molecule has 0 aliphatic heterocycles. The number of nitrogens with zero attached hydrogens (tertiary/aromatic N) is 1. The van der Waals surface area contributed by atoms with Gasteiger partial charge in [0.25, 0.3) is 5.69 Å². The predicted molar refractivity (Wildman–Crippen MR) is 55.4 cm³/mol. The highest BCUT2D eigenvalue weighted by atomic mass is 79.9. The highest BCUT2D eigenvalue weighted by Crippen LogP contribution is 2.40. The Kier molecular flexibility index (Phi) is 3.16. The molecule has 0 fully saturated rings. The summed E-state index contributed by atoms with van der Waals surface area (Å²) in [5.41, 5.74) is 0.565. The van der Waals surface area contributed by atoms with Crippen molar-refractivity contribution in [2.45, 2.75) is 3.24 Å². The maximum absolute atomic E-state index is 10.3. The average Bonchev–Trinajstić information content (AvgIpc) is 2.03. The molecule has 1 aromatic rings. The van der Waals surface area contributed by atoms with Crippen LogP contribution in [0.2, 0.25) is 0 Å². The second kappa shape index (κ2) is 3.82. The Morgan fingerprint density at radius 2 is 1.77 bits per heavy atom. The molecule has 0 aromatic heterocycles. The van der Waals surface area contributed by atoms with Gasteiger partial charge < -0.3 is 0 Å². The molecule has 1 aromatic carbocycles. The zero-order valence-electron chi connectivity index (χ0n) is 6.21. The van der Waals surface area contributed by atoms with Crippen molar-refractivity contribution in [2.75, 3.05) is 0 Å². The minimum atomic E-state index is -1.19. The fraction of sp³-hybridized carbons (Fsp3) is 0.143. The second-order valence-electron chi connectivity index (χ2n) is 2.30. The van der Waals surface area contributed by atoms with Gasteiger partial charge in [-0.3, -0.25) is 10.1 Å². The van der Waals surface area contributed by atoms with Gasteiger partial charge in [-0.15, -0.1) is 0 Å². The number of hydrogen-bond acceptors (Lipinski definition) is 2. The number of rotatable bonds is 2. The van der Waals surface area contributed by atoms with Crippen molar-refractivity contribution in [1.82, 2.24) is 0 Å². The summed E-state index contributed by atoms with van der Waals surface area (Å²) in [7, 11) is 0. The molecule has 3 nitrogen and oxygen atoms in total. The molecule has 0 N–H and O–H groups in total. The van der Waals surface area contributed by atoms with E-state index in [1.165, 1.54) is 24.3 Å². The van der Waals surface area contributed by atoms with Crippen LogP contribution in [-0.2, 0) is 3.24 Å². The van der Waals surface area contributed by atoms with Gasteiger partial charge in [0.1, 0.15) is 0 Å². The molecule has 0 aliphatic carbocycles. The van der Waals surface area contributed by atoms with Crippen molar-refractivity contribution >= 4 is 44.8 Å². The maximum atomic E-state index is 10.3. The zero-order chi connectivity index (χ0) is 10.1. The molecule has 13 heavy (non-hydrogen) atoms. The molecule has 0 saturated heterocycles. The number of nitro groups is 1. The molecule has 0 spiro atoms. The molecule has 0 bridgehead atoms. The van der Waals surface area contributed by atoms with Crippen molar-refractivity contribution < 1.29 is 4.92 Å². The molecular formula is C7H4BrCl2NO2. The molecule has 1 rings (SSSR count). The summed E-state index contributed by atoms with van der Waals surface area (Å²) in [4.78, 5) is 9.81. The van der Waals surface area contributed by atoms with Gasteiger partial charge in [0.2, 0.25) is 0 Å². The van der Waals surface area contributed by atoms with E-state index in [1.54, 1.807) is 0 Å². The predicted octanol–water partition coefficient (Wildman–Crippen LogP) is 3.58. The van der Waals surface area contributed by atoms with Gasteiger partial charge in [0, 0.05) is 12.1 Å². The fourth-order valence-corrected chi connectivity index (χ4v) is 1.29. The Morgan fingerprint density at radius 3 is 2.08 bits per heavy atom. The average molecular weight is 285 g/mol. The smallest absolute Gasteiger partial charge is 0.258 e. The summed E-state index contributed by atoms with van der Waals surface area (Å²) in [6.07, 6.45) is 0. The first-order valence-corrected chi connectivity index (χ1v) is 4.78. The number of benzene rings is 1. The van der Waals surface area contributed by atoms with Gasteiger partial charge in [-0.25, -0.2) is 0 Å². The Morgan fingerprint density at radius 1 is 1.31 bits per heavy atom. The lowest BCUT2D eigenvalue weighted by Crippen LogP contribution is -1.98. The van der Waals surface area contributed by atoms with Gasteiger partial charge >= 0.3 is 0 Å². The Bertz CT molecular complexity index is 320. The van der Waals surface area contributed by atoms with E-state index in [9.17, 15) is 10.1 Å². The van der Waals surface area contributed by atoms with E-state index in [-0.39, 0.29) is 5.69 Å². The summed E-state index contributed by atoms with van der Waals surface area (Å²) >= 11 is 14.4. The molecule has 0 radical (unpaired) electrons. The largest absolute Gasteiger partial charge is 0.269 e. The number of alkyl halides is 3. The minimum Gasteiger partial charge on any atom is -0.258 e. The van der Waals surface area contributed by atoms with E-state index >= 15 is 0 Å². The topological polar surface area (TPSA) is 43.1 Å². The van der Waals surface area contributed by atoms with E-state index in [0.717, 1.165) is 0 Å². The maximum Gasteiger partial charge on any atom is 0.269 e. The van der Waals surface area contributed by atoms with Crippen LogP contribution in [0.1, 0.15) is 5.56 Å². The first-order chi connectivity index (χ1) is 5.91. The van der Waals surface area contributed by atoms with Crippen LogP contribution in [0.3, 0.4) is 0 Å². The molecular weight excluding hydrogens is 281 g/mol. The van der Waals surface area contributed by atoms with Crippen LogP contribution < -0.4 is 0 Å². The van der Waals surface area contributed by atoms with Crippen LogP contribution in [0.15, 0.2) is 24.3 Å². The lowest BCUT2D eigenvalue weighted by atomic mass is 10.2. The summed E-state index contributed by atoms with van der Waals surface area (Å²) in [5.74, 6) is 0. The van der Waals surface area contributed by atoms with E-state index in [2.05, 4.69) is 15.9 Å². The molecule has 6 heteroatoms. The first kappa shape index (κ1) is 10.8. The van der Waals surface area contributed by atoms with Gasteiger partial charge in [0.05, 0.1) is 4.92 Å². The van der Waals surface area contributed by atoms with E-state index in [0.29, 0.717) is 5.56 Å². The fourth-order valence-electron chi connectivity index (χ4n) is 0.772. The van der Waals surface area contributed by atoms with Crippen LogP contribution in [0.25, 0.3) is 0 Å². The minimum absolute atomic E-state index is 0.00818. The Balaban J connectivity index is 3.01.